The summed E-state index contributed by atoms with van der Waals surface area (Å²) in [7, 11) is 0. The molecule has 2 aliphatic heterocycles. The topological polar surface area (TPSA) is 24.5 Å². The first kappa shape index (κ1) is 9.44. The molecule has 0 aromatic heterocycles. The van der Waals surface area contributed by atoms with Gasteiger partial charge >= 0.3 is 0 Å². The molecular formula is C10H20N2O. The van der Waals surface area contributed by atoms with E-state index in [9.17, 15) is 0 Å². The third-order valence-electron chi connectivity index (χ3n) is 3.24. The van der Waals surface area contributed by atoms with Gasteiger partial charge in [0.1, 0.15) is 0 Å². The van der Waals surface area contributed by atoms with Crippen molar-refractivity contribution < 1.29 is 4.74 Å². The maximum absolute atomic E-state index is 5.63. The molecule has 13 heavy (non-hydrogen) atoms. The van der Waals surface area contributed by atoms with Gasteiger partial charge in [-0.15, -0.1) is 0 Å². The minimum Gasteiger partial charge on any atom is -0.378 e. The average Bonchev–Trinajstić information content (AvgIpc) is 2.24. The van der Waals surface area contributed by atoms with Crippen molar-refractivity contribution in [3.05, 3.63) is 0 Å². The van der Waals surface area contributed by atoms with Crippen LogP contribution < -0.4 is 5.32 Å². The Morgan fingerprint density at radius 3 is 2.77 bits per heavy atom. The Morgan fingerprint density at radius 1 is 1.46 bits per heavy atom. The zero-order valence-electron chi connectivity index (χ0n) is 8.68. The number of hydrogen-bond acceptors (Lipinski definition) is 3. The molecule has 2 rings (SSSR count). The number of hydrogen-bond donors (Lipinski definition) is 1. The summed E-state index contributed by atoms with van der Waals surface area (Å²) in [6.45, 7) is 9.72. The van der Waals surface area contributed by atoms with E-state index in [1.54, 1.807) is 0 Å². The number of rotatable bonds is 1. The minimum absolute atomic E-state index is 0.292. The fourth-order valence-electron chi connectivity index (χ4n) is 2.14. The van der Waals surface area contributed by atoms with Crippen LogP contribution in [0.5, 0.6) is 0 Å². The van der Waals surface area contributed by atoms with Crippen molar-refractivity contribution in [3.8, 4) is 0 Å². The standard InChI is InChI=1S/C10H20N2O/c1-9(2)12-5-6-13-8-10(7-12)3-4-11-10/h9,11H,3-8H2,1-2H3/t10-/m0/s1. The molecule has 0 aliphatic carbocycles. The van der Waals surface area contributed by atoms with Crippen molar-refractivity contribution in [2.75, 3.05) is 32.8 Å². The Labute approximate surface area is 80.4 Å². The Hall–Kier alpha value is -0.120. The van der Waals surface area contributed by atoms with E-state index in [2.05, 4.69) is 24.1 Å². The highest BCUT2D eigenvalue weighted by atomic mass is 16.5. The average molecular weight is 184 g/mol. The molecule has 2 saturated heterocycles. The molecule has 76 valence electrons. The highest BCUT2D eigenvalue weighted by Crippen LogP contribution is 2.23. The summed E-state index contributed by atoms with van der Waals surface area (Å²) < 4.78 is 5.63. The van der Waals surface area contributed by atoms with Crippen LogP contribution in [0.2, 0.25) is 0 Å². The summed E-state index contributed by atoms with van der Waals surface area (Å²) in [5, 5.41) is 3.52. The maximum atomic E-state index is 5.63. The molecule has 0 aromatic carbocycles. The van der Waals surface area contributed by atoms with E-state index in [4.69, 9.17) is 4.74 Å². The van der Waals surface area contributed by atoms with Crippen LogP contribution in [-0.4, -0.2) is 49.3 Å². The lowest BCUT2D eigenvalue weighted by Crippen LogP contribution is -2.64. The fourth-order valence-corrected chi connectivity index (χ4v) is 2.14. The smallest absolute Gasteiger partial charge is 0.0662 e. The third-order valence-corrected chi connectivity index (χ3v) is 3.24. The second kappa shape index (κ2) is 3.56. The minimum atomic E-state index is 0.292. The molecule has 0 aromatic rings. The molecule has 3 heteroatoms. The summed E-state index contributed by atoms with van der Waals surface area (Å²) >= 11 is 0. The molecule has 0 bridgehead atoms. The maximum Gasteiger partial charge on any atom is 0.0662 e. The summed E-state index contributed by atoms with van der Waals surface area (Å²) in [6, 6.07) is 0.640. The Bertz CT molecular complexity index is 178. The van der Waals surface area contributed by atoms with Crippen LogP contribution in [0.25, 0.3) is 0 Å². The van der Waals surface area contributed by atoms with Crippen LogP contribution in [-0.2, 0) is 4.74 Å². The van der Waals surface area contributed by atoms with E-state index in [1.165, 1.54) is 6.42 Å². The van der Waals surface area contributed by atoms with Crippen LogP contribution in [0.4, 0.5) is 0 Å². The van der Waals surface area contributed by atoms with Crippen molar-refractivity contribution in [3.63, 3.8) is 0 Å². The van der Waals surface area contributed by atoms with Crippen molar-refractivity contribution in [1.29, 1.82) is 0 Å². The first-order valence-electron chi connectivity index (χ1n) is 5.29. The third kappa shape index (κ3) is 1.87. The monoisotopic (exact) mass is 184 g/mol. The number of ether oxygens (including phenoxy) is 1. The zero-order chi connectivity index (χ0) is 9.31. The Morgan fingerprint density at radius 2 is 2.23 bits per heavy atom. The van der Waals surface area contributed by atoms with Crippen molar-refractivity contribution in [2.24, 2.45) is 0 Å². The molecule has 2 heterocycles. The van der Waals surface area contributed by atoms with Crippen LogP contribution in [0.15, 0.2) is 0 Å². The molecule has 1 N–H and O–H groups in total. The van der Waals surface area contributed by atoms with Crippen molar-refractivity contribution in [1.82, 2.24) is 10.2 Å². The van der Waals surface area contributed by atoms with Gasteiger partial charge in [-0.1, -0.05) is 0 Å². The molecule has 3 nitrogen and oxygen atoms in total. The first-order chi connectivity index (χ1) is 6.22. The van der Waals surface area contributed by atoms with Gasteiger partial charge in [0, 0.05) is 19.1 Å². The summed E-state index contributed by atoms with van der Waals surface area (Å²) in [5.74, 6) is 0. The molecule has 1 atom stereocenters. The van der Waals surface area contributed by atoms with Gasteiger partial charge in [0.15, 0.2) is 0 Å². The lowest BCUT2D eigenvalue weighted by Gasteiger charge is -2.44. The van der Waals surface area contributed by atoms with E-state index in [0.717, 1.165) is 32.8 Å². The van der Waals surface area contributed by atoms with Gasteiger partial charge in [-0.05, 0) is 26.8 Å². The molecule has 1 spiro atoms. The predicted octanol–water partition coefficient (Wildman–Crippen LogP) is 0.459. The van der Waals surface area contributed by atoms with Gasteiger partial charge in [0.2, 0.25) is 0 Å². The van der Waals surface area contributed by atoms with Gasteiger partial charge in [-0.2, -0.15) is 0 Å². The van der Waals surface area contributed by atoms with E-state index in [-0.39, 0.29) is 0 Å². The van der Waals surface area contributed by atoms with E-state index < -0.39 is 0 Å². The highest BCUT2D eigenvalue weighted by Gasteiger charge is 2.40. The molecule has 2 aliphatic rings. The molecular weight excluding hydrogens is 164 g/mol. The van der Waals surface area contributed by atoms with Crippen molar-refractivity contribution >= 4 is 0 Å². The van der Waals surface area contributed by atoms with Crippen LogP contribution in [0, 0.1) is 0 Å². The van der Waals surface area contributed by atoms with Crippen LogP contribution >= 0.6 is 0 Å². The summed E-state index contributed by atoms with van der Waals surface area (Å²) in [4.78, 5) is 2.51. The fraction of sp³-hybridized carbons (Fsp3) is 1.00. The number of nitrogens with zero attached hydrogens (tertiary/aromatic N) is 1. The van der Waals surface area contributed by atoms with Crippen molar-refractivity contribution in [2.45, 2.75) is 31.8 Å². The highest BCUT2D eigenvalue weighted by molar-refractivity contribution is 5.00. The normalized spacial score (nSPS) is 36.2. The first-order valence-corrected chi connectivity index (χ1v) is 5.29. The molecule has 2 fully saturated rings. The molecule has 0 radical (unpaired) electrons. The van der Waals surface area contributed by atoms with Gasteiger partial charge in [-0.3, -0.25) is 4.90 Å². The van der Waals surface area contributed by atoms with E-state index in [1.807, 2.05) is 0 Å². The second-order valence-electron chi connectivity index (χ2n) is 4.57. The SMILES string of the molecule is CC(C)N1CCOC[C@]2(CCN2)C1. The van der Waals surface area contributed by atoms with Gasteiger partial charge < -0.3 is 10.1 Å². The van der Waals surface area contributed by atoms with Gasteiger partial charge in [0.25, 0.3) is 0 Å². The quantitative estimate of drug-likeness (QED) is 0.641. The molecule has 0 amide bonds. The lowest BCUT2D eigenvalue weighted by atomic mass is 9.88. The van der Waals surface area contributed by atoms with Crippen LogP contribution in [0.3, 0.4) is 0 Å². The second-order valence-corrected chi connectivity index (χ2v) is 4.57. The van der Waals surface area contributed by atoms with Gasteiger partial charge in [0.05, 0.1) is 18.8 Å². The lowest BCUT2D eigenvalue weighted by molar-refractivity contribution is 0.0543. The zero-order valence-corrected chi connectivity index (χ0v) is 8.68. The largest absolute Gasteiger partial charge is 0.378 e. The Balaban J connectivity index is 1.98. The predicted molar refractivity (Wildman–Crippen MR) is 52.9 cm³/mol. The van der Waals surface area contributed by atoms with E-state index >= 15 is 0 Å². The molecule has 0 unspecified atom stereocenters. The number of nitrogens with one attached hydrogen (secondary N) is 1. The van der Waals surface area contributed by atoms with Gasteiger partial charge in [-0.25, -0.2) is 0 Å². The molecule has 0 saturated carbocycles. The summed E-state index contributed by atoms with van der Waals surface area (Å²) in [5.41, 5.74) is 0.292. The summed E-state index contributed by atoms with van der Waals surface area (Å²) in [6.07, 6.45) is 1.27. The van der Waals surface area contributed by atoms with E-state index in [0.29, 0.717) is 11.6 Å². The Kier molecular flexibility index (Phi) is 2.58. The van der Waals surface area contributed by atoms with Crippen LogP contribution in [0.1, 0.15) is 20.3 Å².